The maximum absolute atomic E-state index is 13.6. The lowest BCUT2D eigenvalue weighted by Gasteiger charge is -2.43. The van der Waals surface area contributed by atoms with Crippen LogP contribution in [-0.2, 0) is 15.7 Å². The second-order valence-electron chi connectivity index (χ2n) is 9.30. The number of halogens is 4. The fourth-order valence-corrected chi connectivity index (χ4v) is 4.42. The Labute approximate surface area is 251 Å². The number of aliphatic carboxylic acids is 1. The Hall–Kier alpha value is -4.48. The number of alkyl halides is 3. The molecule has 3 amide bonds. The third-order valence-electron chi connectivity index (χ3n) is 6.37. The van der Waals surface area contributed by atoms with Gasteiger partial charge in [0.1, 0.15) is 35.5 Å². The summed E-state index contributed by atoms with van der Waals surface area (Å²) in [5.41, 5.74) is -1.73. The Bertz CT molecular complexity index is 1540. The first kappa shape index (κ1) is 32.4. The summed E-state index contributed by atoms with van der Waals surface area (Å²) >= 11 is 5.72. The minimum Gasteiger partial charge on any atom is -0.479 e. The van der Waals surface area contributed by atoms with Crippen molar-refractivity contribution in [2.75, 3.05) is 17.3 Å². The number of aromatic nitrogens is 1. The van der Waals surface area contributed by atoms with E-state index >= 15 is 0 Å². The van der Waals surface area contributed by atoms with E-state index in [0.29, 0.717) is 11.0 Å². The Morgan fingerprint density at radius 3 is 2.27 bits per heavy atom. The summed E-state index contributed by atoms with van der Waals surface area (Å²) in [7, 11) is 1.44. The zero-order chi connectivity index (χ0) is 32.3. The van der Waals surface area contributed by atoms with Crippen LogP contribution in [0.2, 0.25) is 5.02 Å². The van der Waals surface area contributed by atoms with Crippen LogP contribution in [0, 0.1) is 0 Å². The number of anilines is 2. The van der Waals surface area contributed by atoms with Crippen LogP contribution in [0.1, 0.15) is 16.1 Å². The van der Waals surface area contributed by atoms with Gasteiger partial charge in [0.15, 0.2) is 12.3 Å². The van der Waals surface area contributed by atoms with Crippen molar-refractivity contribution in [1.29, 1.82) is 0 Å². The minimum atomic E-state index is -4.97. The van der Waals surface area contributed by atoms with E-state index in [1.165, 1.54) is 49.6 Å². The number of pyridine rings is 1. The first-order valence-electron chi connectivity index (χ1n) is 12.6. The molecule has 17 heteroatoms. The highest BCUT2D eigenvalue weighted by molar-refractivity contribution is 6.31. The van der Waals surface area contributed by atoms with Gasteiger partial charge in [-0.2, -0.15) is 13.2 Å². The molecule has 4 rings (SSSR count). The van der Waals surface area contributed by atoms with Gasteiger partial charge in [-0.15, -0.1) is 0 Å². The number of ether oxygens (including phenoxy) is 2. The van der Waals surface area contributed by atoms with Crippen LogP contribution < -0.4 is 20.3 Å². The second kappa shape index (κ2) is 13.0. The molecule has 1 aliphatic rings. The van der Waals surface area contributed by atoms with Crippen molar-refractivity contribution >= 4 is 40.9 Å². The van der Waals surface area contributed by atoms with Crippen molar-refractivity contribution in [2.24, 2.45) is 0 Å². The van der Waals surface area contributed by atoms with Gasteiger partial charge >= 0.3 is 18.2 Å². The lowest BCUT2D eigenvalue weighted by molar-refractivity contribution is -0.225. The van der Waals surface area contributed by atoms with Crippen molar-refractivity contribution in [2.45, 2.75) is 36.8 Å². The molecule has 1 fully saturated rings. The van der Waals surface area contributed by atoms with Gasteiger partial charge < -0.3 is 40.5 Å². The first-order valence-corrected chi connectivity index (χ1v) is 12.9. The second-order valence-corrected chi connectivity index (χ2v) is 9.71. The number of benzene rings is 2. The van der Waals surface area contributed by atoms with Crippen molar-refractivity contribution in [1.82, 2.24) is 10.3 Å². The van der Waals surface area contributed by atoms with Gasteiger partial charge in [-0.1, -0.05) is 11.6 Å². The number of aliphatic hydroxyl groups is 3. The van der Waals surface area contributed by atoms with E-state index in [1.807, 2.05) is 0 Å². The van der Waals surface area contributed by atoms with Crippen LogP contribution in [-0.4, -0.2) is 81.0 Å². The molecule has 0 saturated carbocycles. The number of nitrogens with one attached hydrogen (secondary N) is 2. The predicted octanol–water partition coefficient (Wildman–Crippen LogP) is 2.84. The topological polar surface area (TPSA) is 191 Å². The Balaban J connectivity index is 1.64. The predicted molar refractivity (Wildman–Crippen MR) is 146 cm³/mol. The molecule has 3 unspecified atom stereocenters. The molecular formula is C27H24ClF3N4O9. The smallest absolute Gasteiger partial charge is 0.417 e. The van der Waals surface area contributed by atoms with Gasteiger partial charge in [0.05, 0.1) is 10.6 Å². The minimum absolute atomic E-state index is 0.0683. The molecule has 44 heavy (non-hydrogen) atoms. The zero-order valence-electron chi connectivity index (χ0n) is 22.4. The maximum Gasteiger partial charge on any atom is 0.417 e. The normalized spacial score (nSPS) is 21.7. The van der Waals surface area contributed by atoms with Gasteiger partial charge in [-0.25, -0.2) is 9.59 Å². The van der Waals surface area contributed by atoms with E-state index < -0.39 is 71.0 Å². The molecule has 1 saturated heterocycles. The van der Waals surface area contributed by atoms with E-state index in [-0.39, 0.29) is 22.9 Å². The molecule has 2 aromatic carbocycles. The van der Waals surface area contributed by atoms with Gasteiger partial charge in [-0.05, 0) is 48.5 Å². The fourth-order valence-electron chi connectivity index (χ4n) is 4.19. The van der Waals surface area contributed by atoms with Crippen LogP contribution in [0.25, 0.3) is 0 Å². The fraction of sp³-hybridized carbons (Fsp3) is 0.259. The number of urea groups is 1. The van der Waals surface area contributed by atoms with Crippen LogP contribution in [0.3, 0.4) is 0 Å². The third-order valence-corrected chi connectivity index (χ3v) is 6.70. The number of rotatable bonds is 7. The molecule has 1 aliphatic heterocycles. The van der Waals surface area contributed by atoms with E-state index in [2.05, 4.69) is 15.6 Å². The monoisotopic (exact) mass is 640 g/mol. The standard InChI is InChI=1S/C27H24ClF3N4O9/c1-32-23(39)18-11-15(8-9-33-18)43-14-5-2-12(3-6-14)34-26(42)35(13-4-7-17(28)16(10-13)27(29,30)31)24-21(38)19(36)20(37)22(44-24)25(40)41/h2-11,19-22,24,36-38H,1H3,(H,32,39)(H,34,42)(H,40,41)/t19?,20-,21?,22?,24+/m0/s1. The summed E-state index contributed by atoms with van der Waals surface area (Å²) in [6.07, 6.45) is -14.3. The number of amides is 3. The largest absolute Gasteiger partial charge is 0.479 e. The van der Waals surface area contributed by atoms with E-state index in [4.69, 9.17) is 21.1 Å². The average molecular weight is 641 g/mol. The molecule has 0 bridgehead atoms. The number of nitrogens with zero attached hydrogens (tertiary/aromatic N) is 2. The lowest BCUT2D eigenvalue weighted by atomic mass is 9.97. The number of hydrogen-bond donors (Lipinski definition) is 6. The molecule has 3 aromatic rings. The highest BCUT2D eigenvalue weighted by Gasteiger charge is 2.50. The van der Waals surface area contributed by atoms with Crippen molar-refractivity contribution < 1.29 is 57.5 Å². The molecule has 1 aromatic heterocycles. The van der Waals surface area contributed by atoms with E-state index in [9.17, 15) is 48.0 Å². The number of carbonyl (C=O) groups excluding carboxylic acids is 2. The summed E-state index contributed by atoms with van der Waals surface area (Å²) in [5, 5.41) is 44.5. The maximum atomic E-state index is 13.6. The van der Waals surface area contributed by atoms with Gasteiger partial charge in [0.25, 0.3) is 5.91 Å². The summed E-state index contributed by atoms with van der Waals surface area (Å²) in [6.45, 7) is 0. The Morgan fingerprint density at radius 2 is 1.66 bits per heavy atom. The third kappa shape index (κ3) is 7.00. The number of hydrogen-bond acceptors (Lipinski definition) is 9. The summed E-state index contributed by atoms with van der Waals surface area (Å²) in [4.78, 5) is 41.4. The molecule has 5 atom stereocenters. The van der Waals surface area contributed by atoms with Crippen LogP contribution in [0.5, 0.6) is 11.5 Å². The van der Waals surface area contributed by atoms with Crippen LogP contribution in [0.15, 0.2) is 60.8 Å². The molecule has 0 aliphatic carbocycles. The molecule has 0 spiro atoms. The van der Waals surface area contributed by atoms with E-state index in [0.717, 1.165) is 12.1 Å². The van der Waals surface area contributed by atoms with Gasteiger partial charge in [0, 0.05) is 30.7 Å². The van der Waals surface area contributed by atoms with Crippen LogP contribution >= 0.6 is 11.6 Å². The van der Waals surface area contributed by atoms with Gasteiger partial charge in [-0.3, -0.25) is 14.7 Å². The highest BCUT2D eigenvalue weighted by atomic mass is 35.5. The average Bonchev–Trinajstić information content (AvgIpc) is 2.98. The SMILES string of the molecule is CNC(=O)c1cc(Oc2ccc(NC(=O)N(c3ccc(Cl)c(C(F)(F)F)c3)[C@@H]3OC(C(=O)O)[C@@H](O)C(O)C3O)cc2)ccn1. The molecule has 234 valence electrons. The molecule has 13 nitrogen and oxygen atoms in total. The van der Waals surface area contributed by atoms with Crippen molar-refractivity contribution in [3.05, 3.63) is 77.1 Å². The molecule has 0 radical (unpaired) electrons. The quantitative estimate of drug-likeness (QED) is 0.224. The molecular weight excluding hydrogens is 617 g/mol. The van der Waals surface area contributed by atoms with Crippen molar-refractivity contribution in [3.63, 3.8) is 0 Å². The van der Waals surface area contributed by atoms with E-state index in [1.54, 1.807) is 0 Å². The number of carboxylic acid groups (broad SMARTS) is 1. The number of carboxylic acids is 1. The summed E-state index contributed by atoms with van der Waals surface area (Å²) in [6, 6.07) is 9.49. The summed E-state index contributed by atoms with van der Waals surface area (Å²) < 4.78 is 51.9. The Morgan fingerprint density at radius 1 is 0.977 bits per heavy atom. The zero-order valence-corrected chi connectivity index (χ0v) is 23.2. The molecule has 2 heterocycles. The number of carbonyl (C=O) groups is 3. The summed E-state index contributed by atoms with van der Waals surface area (Å²) in [5.74, 6) is -1.69. The lowest BCUT2D eigenvalue weighted by Crippen LogP contribution is -2.65. The first-order chi connectivity index (χ1) is 20.7. The van der Waals surface area contributed by atoms with Crippen molar-refractivity contribution in [3.8, 4) is 11.5 Å². The number of aliphatic hydroxyl groups excluding tert-OH is 3. The van der Waals surface area contributed by atoms with Crippen LogP contribution in [0.4, 0.5) is 29.3 Å². The Kier molecular flexibility index (Phi) is 9.60. The molecule has 6 N–H and O–H groups in total. The highest BCUT2D eigenvalue weighted by Crippen LogP contribution is 2.38. The van der Waals surface area contributed by atoms with Gasteiger partial charge in [0.2, 0.25) is 0 Å².